The van der Waals surface area contributed by atoms with Crippen LogP contribution in [0.4, 0.5) is 10.1 Å². The highest BCUT2D eigenvalue weighted by atomic mass is 32.2. The van der Waals surface area contributed by atoms with E-state index in [4.69, 9.17) is 4.74 Å². The summed E-state index contributed by atoms with van der Waals surface area (Å²) in [4.78, 5) is 0.0793. The summed E-state index contributed by atoms with van der Waals surface area (Å²) in [7, 11) is -2.34. The van der Waals surface area contributed by atoms with E-state index >= 15 is 0 Å². The minimum absolute atomic E-state index is 0.0793. The summed E-state index contributed by atoms with van der Waals surface area (Å²) in [6.45, 7) is 1.75. The van der Waals surface area contributed by atoms with Crippen LogP contribution in [-0.2, 0) is 16.6 Å². The van der Waals surface area contributed by atoms with Crippen LogP contribution in [0.15, 0.2) is 77.7 Å². The van der Waals surface area contributed by atoms with Crippen molar-refractivity contribution in [2.45, 2.75) is 18.4 Å². The molecule has 0 fully saturated rings. The maximum atomic E-state index is 13.5. The van der Waals surface area contributed by atoms with E-state index in [1.54, 1.807) is 38.3 Å². The van der Waals surface area contributed by atoms with E-state index in [9.17, 15) is 12.8 Å². The molecule has 0 radical (unpaired) electrons. The lowest BCUT2D eigenvalue weighted by Gasteiger charge is -2.25. The molecule has 27 heavy (non-hydrogen) atoms. The second-order valence-corrected chi connectivity index (χ2v) is 7.94. The Bertz CT molecular complexity index is 1020. The van der Waals surface area contributed by atoms with E-state index in [1.807, 2.05) is 30.3 Å². The maximum absolute atomic E-state index is 13.5. The Balaban J connectivity index is 2.09. The van der Waals surface area contributed by atoms with Crippen molar-refractivity contribution in [3.05, 3.63) is 89.7 Å². The molecular formula is C21H20FNO3S. The van der Waals surface area contributed by atoms with Crippen LogP contribution in [0.2, 0.25) is 0 Å². The van der Waals surface area contributed by atoms with Gasteiger partial charge in [-0.3, -0.25) is 4.31 Å². The largest absolute Gasteiger partial charge is 0.497 e. The topological polar surface area (TPSA) is 46.6 Å². The van der Waals surface area contributed by atoms with Crippen molar-refractivity contribution < 1.29 is 17.5 Å². The highest BCUT2D eigenvalue weighted by Gasteiger charge is 2.27. The maximum Gasteiger partial charge on any atom is 0.264 e. The predicted molar refractivity (Wildman–Crippen MR) is 104 cm³/mol. The van der Waals surface area contributed by atoms with Gasteiger partial charge >= 0.3 is 0 Å². The van der Waals surface area contributed by atoms with Gasteiger partial charge in [0.25, 0.3) is 10.0 Å². The molecule has 0 saturated heterocycles. The zero-order chi connectivity index (χ0) is 19.4. The first-order valence-corrected chi connectivity index (χ1v) is 9.82. The number of methoxy groups -OCH3 is 1. The molecule has 0 unspecified atom stereocenters. The third-order valence-corrected chi connectivity index (χ3v) is 6.17. The molecule has 0 aliphatic carbocycles. The number of anilines is 1. The van der Waals surface area contributed by atoms with E-state index in [2.05, 4.69) is 0 Å². The summed E-state index contributed by atoms with van der Waals surface area (Å²) in [6.07, 6.45) is 0. The van der Waals surface area contributed by atoms with Gasteiger partial charge in [0.05, 0.1) is 24.2 Å². The number of aryl methyl sites for hydroxylation is 1. The van der Waals surface area contributed by atoms with Crippen LogP contribution in [0.5, 0.6) is 5.75 Å². The zero-order valence-electron chi connectivity index (χ0n) is 15.1. The number of halogens is 1. The molecule has 0 N–H and O–H groups in total. The van der Waals surface area contributed by atoms with E-state index in [1.165, 1.54) is 16.4 Å². The molecule has 6 heteroatoms. The minimum Gasteiger partial charge on any atom is -0.497 e. The molecule has 3 rings (SSSR count). The summed E-state index contributed by atoms with van der Waals surface area (Å²) in [5.41, 5.74) is 1.71. The van der Waals surface area contributed by atoms with Crippen molar-refractivity contribution in [3.63, 3.8) is 0 Å². The Hall–Kier alpha value is -2.86. The van der Waals surface area contributed by atoms with Crippen LogP contribution in [0.3, 0.4) is 0 Å². The van der Waals surface area contributed by atoms with Crippen molar-refractivity contribution in [1.82, 2.24) is 0 Å². The zero-order valence-corrected chi connectivity index (χ0v) is 15.9. The van der Waals surface area contributed by atoms with Crippen molar-refractivity contribution >= 4 is 15.7 Å². The Morgan fingerprint density at radius 2 is 1.63 bits per heavy atom. The second kappa shape index (κ2) is 7.80. The van der Waals surface area contributed by atoms with E-state index in [0.29, 0.717) is 17.0 Å². The first-order chi connectivity index (χ1) is 12.9. The van der Waals surface area contributed by atoms with Gasteiger partial charge in [-0.25, -0.2) is 12.8 Å². The Morgan fingerprint density at radius 1 is 0.963 bits per heavy atom. The van der Waals surface area contributed by atoms with Crippen molar-refractivity contribution in [2.24, 2.45) is 0 Å². The number of benzene rings is 3. The molecule has 4 nitrogen and oxygen atoms in total. The van der Waals surface area contributed by atoms with Crippen molar-refractivity contribution in [3.8, 4) is 5.75 Å². The first-order valence-electron chi connectivity index (χ1n) is 8.38. The third-order valence-electron chi connectivity index (χ3n) is 4.23. The van der Waals surface area contributed by atoms with Crippen LogP contribution >= 0.6 is 0 Å². The molecule has 0 aromatic heterocycles. The molecule has 3 aromatic carbocycles. The van der Waals surface area contributed by atoms with Crippen LogP contribution in [0, 0.1) is 12.7 Å². The molecule has 0 heterocycles. The molecule has 0 amide bonds. The van der Waals surface area contributed by atoms with Gasteiger partial charge in [0.1, 0.15) is 11.6 Å². The molecule has 0 bridgehead atoms. The fourth-order valence-corrected chi connectivity index (χ4v) is 4.50. The lowest BCUT2D eigenvalue weighted by molar-refractivity contribution is 0.415. The van der Waals surface area contributed by atoms with Crippen LogP contribution in [-0.4, -0.2) is 15.5 Å². The number of hydrogen-bond donors (Lipinski definition) is 0. The molecule has 0 spiro atoms. The van der Waals surface area contributed by atoms with Crippen LogP contribution in [0.25, 0.3) is 0 Å². The van der Waals surface area contributed by atoms with E-state index in [-0.39, 0.29) is 11.4 Å². The second-order valence-electron chi connectivity index (χ2n) is 6.11. The van der Waals surface area contributed by atoms with Gasteiger partial charge in [-0.15, -0.1) is 0 Å². The summed E-state index contributed by atoms with van der Waals surface area (Å²) >= 11 is 0. The Labute approximate surface area is 158 Å². The molecule has 3 aromatic rings. The van der Waals surface area contributed by atoms with Crippen molar-refractivity contribution in [2.75, 3.05) is 11.4 Å². The number of ether oxygens (including phenoxy) is 1. The SMILES string of the molecule is COc1ccc(N(Cc2ccccc2)S(=O)(=O)c2ccc(F)cc2C)cc1. The first kappa shape index (κ1) is 18.9. The van der Waals surface area contributed by atoms with Gasteiger partial charge < -0.3 is 4.74 Å². The summed E-state index contributed by atoms with van der Waals surface area (Å²) < 4.78 is 46.7. The fraction of sp³-hybridized carbons (Fsp3) is 0.143. The normalized spacial score (nSPS) is 11.2. The standard InChI is InChI=1S/C21H20FNO3S/c1-16-14-18(22)8-13-21(16)27(24,25)23(15-17-6-4-3-5-7-17)19-9-11-20(26-2)12-10-19/h3-14H,15H2,1-2H3. The summed E-state index contributed by atoms with van der Waals surface area (Å²) in [5.74, 6) is 0.166. The smallest absolute Gasteiger partial charge is 0.264 e. The van der Waals surface area contributed by atoms with Gasteiger partial charge in [0.15, 0.2) is 0 Å². The molecule has 0 aliphatic rings. The van der Waals surface area contributed by atoms with Crippen LogP contribution < -0.4 is 9.04 Å². The average Bonchev–Trinajstić information content (AvgIpc) is 2.66. The number of sulfonamides is 1. The summed E-state index contributed by atoms with van der Waals surface area (Å²) in [6, 6.07) is 19.8. The minimum atomic E-state index is -3.89. The predicted octanol–water partition coefficient (Wildman–Crippen LogP) is 4.54. The molecule has 0 atom stereocenters. The highest BCUT2D eigenvalue weighted by Crippen LogP contribution is 2.29. The number of nitrogens with zero attached hydrogens (tertiary/aromatic N) is 1. The van der Waals surface area contributed by atoms with Crippen LogP contribution in [0.1, 0.15) is 11.1 Å². The third kappa shape index (κ3) is 4.11. The van der Waals surface area contributed by atoms with E-state index < -0.39 is 15.8 Å². The van der Waals surface area contributed by atoms with Crippen molar-refractivity contribution in [1.29, 1.82) is 0 Å². The molecular weight excluding hydrogens is 365 g/mol. The monoisotopic (exact) mass is 385 g/mol. The van der Waals surface area contributed by atoms with Gasteiger partial charge in [0, 0.05) is 0 Å². The van der Waals surface area contributed by atoms with Gasteiger partial charge in [0.2, 0.25) is 0 Å². The number of hydrogen-bond acceptors (Lipinski definition) is 3. The van der Waals surface area contributed by atoms with Gasteiger partial charge in [-0.2, -0.15) is 0 Å². The Kier molecular flexibility index (Phi) is 5.46. The summed E-state index contributed by atoms with van der Waals surface area (Å²) in [5, 5.41) is 0. The molecule has 0 aliphatic heterocycles. The van der Waals surface area contributed by atoms with Gasteiger partial charge in [-0.05, 0) is 60.5 Å². The average molecular weight is 385 g/mol. The quantitative estimate of drug-likeness (QED) is 0.626. The Morgan fingerprint density at radius 3 is 2.22 bits per heavy atom. The lowest BCUT2D eigenvalue weighted by atomic mass is 10.2. The lowest BCUT2D eigenvalue weighted by Crippen LogP contribution is -2.31. The fourth-order valence-electron chi connectivity index (χ4n) is 2.83. The van der Waals surface area contributed by atoms with Gasteiger partial charge in [-0.1, -0.05) is 30.3 Å². The van der Waals surface area contributed by atoms with E-state index in [0.717, 1.165) is 11.6 Å². The highest BCUT2D eigenvalue weighted by molar-refractivity contribution is 7.92. The molecule has 140 valence electrons. The molecule has 0 saturated carbocycles. The number of rotatable bonds is 6.